The molecule has 5 nitrogen and oxygen atoms in total. The van der Waals surface area contributed by atoms with Crippen molar-refractivity contribution >= 4 is 17.7 Å². The number of hydrogen-bond donors (Lipinski definition) is 0. The fourth-order valence-corrected chi connectivity index (χ4v) is 4.37. The summed E-state index contributed by atoms with van der Waals surface area (Å²) in [7, 11) is 1.59. The zero-order valence-corrected chi connectivity index (χ0v) is 18.5. The third-order valence-electron chi connectivity index (χ3n) is 6.42. The van der Waals surface area contributed by atoms with Gasteiger partial charge < -0.3 is 4.90 Å². The van der Waals surface area contributed by atoms with Crippen LogP contribution < -0.4 is 0 Å². The fourth-order valence-electron chi connectivity index (χ4n) is 4.37. The van der Waals surface area contributed by atoms with Crippen molar-refractivity contribution in [1.82, 2.24) is 9.80 Å². The Hall–Kier alpha value is -3.16. The standard InChI is InChI=1S/C25H25F3N2O3/c1-16-6-8-17(9-7-16)15-29(2)21(31)13-24(14-22(32)30(23(24)33)20-10-11-20)18-4-3-5-19(12-18)25(26,27)28/h3-9,12,20H,10-11,13-15H2,1-2H3/t24-/m1/s1. The van der Waals surface area contributed by atoms with E-state index in [1.165, 1.54) is 17.0 Å². The minimum absolute atomic E-state index is 0.0518. The normalized spacial score (nSPS) is 20.9. The van der Waals surface area contributed by atoms with Crippen molar-refractivity contribution in [2.24, 2.45) is 0 Å². The van der Waals surface area contributed by atoms with Gasteiger partial charge in [-0.05, 0) is 37.0 Å². The number of nitrogens with zero attached hydrogens (tertiary/aromatic N) is 2. The van der Waals surface area contributed by atoms with Crippen molar-refractivity contribution in [3.63, 3.8) is 0 Å². The number of carbonyl (C=O) groups excluding carboxylic acids is 3. The summed E-state index contributed by atoms with van der Waals surface area (Å²) < 4.78 is 40.2. The highest BCUT2D eigenvalue weighted by Gasteiger charge is 2.57. The van der Waals surface area contributed by atoms with Gasteiger partial charge in [-0.1, -0.05) is 48.0 Å². The van der Waals surface area contributed by atoms with E-state index in [1.54, 1.807) is 7.05 Å². The molecular weight excluding hydrogens is 433 g/mol. The molecular formula is C25H25F3N2O3. The van der Waals surface area contributed by atoms with E-state index in [0.717, 1.165) is 28.2 Å². The van der Waals surface area contributed by atoms with Gasteiger partial charge in [-0.15, -0.1) is 0 Å². The minimum Gasteiger partial charge on any atom is -0.341 e. The van der Waals surface area contributed by atoms with E-state index >= 15 is 0 Å². The van der Waals surface area contributed by atoms with E-state index in [1.807, 2.05) is 31.2 Å². The number of likely N-dealkylation sites (tertiary alicyclic amines) is 1. The van der Waals surface area contributed by atoms with E-state index in [2.05, 4.69) is 0 Å². The minimum atomic E-state index is -4.61. The topological polar surface area (TPSA) is 57.7 Å². The summed E-state index contributed by atoms with van der Waals surface area (Å²) >= 11 is 0. The Morgan fingerprint density at radius 3 is 2.39 bits per heavy atom. The molecule has 3 amide bonds. The summed E-state index contributed by atoms with van der Waals surface area (Å²) in [4.78, 5) is 42.1. The number of imide groups is 1. The lowest BCUT2D eigenvalue weighted by Gasteiger charge is -2.30. The average Bonchev–Trinajstić information content (AvgIpc) is 3.55. The highest BCUT2D eigenvalue weighted by atomic mass is 19.4. The first kappa shape index (κ1) is 23.0. The second-order valence-electron chi connectivity index (χ2n) is 9.05. The highest BCUT2D eigenvalue weighted by molar-refractivity contribution is 6.11. The molecule has 2 aromatic carbocycles. The van der Waals surface area contributed by atoms with Gasteiger partial charge in [0.25, 0.3) is 0 Å². The van der Waals surface area contributed by atoms with Gasteiger partial charge in [0.1, 0.15) is 0 Å². The molecule has 0 N–H and O–H groups in total. The first-order valence-corrected chi connectivity index (χ1v) is 10.8. The Bertz CT molecular complexity index is 1090. The summed E-state index contributed by atoms with van der Waals surface area (Å²) in [6.45, 7) is 2.23. The molecule has 1 aliphatic heterocycles. The van der Waals surface area contributed by atoms with Gasteiger partial charge in [0, 0.05) is 32.5 Å². The lowest BCUT2D eigenvalue weighted by Crippen LogP contribution is -2.43. The van der Waals surface area contributed by atoms with Crippen molar-refractivity contribution in [3.05, 3.63) is 70.8 Å². The van der Waals surface area contributed by atoms with Crippen LogP contribution in [0.4, 0.5) is 13.2 Å². The Morgan fingerprint density at radius 2 is 1.79 bits per heavy atom. The van der Waals surface area contributed by atoms with E-state index in [-0.39, 0.29) is 31.0 Å². The lowest BCUT2D eigenvalue weighted by molar-refractivity contribution is -0.143. The van der Waals surface area contributed by atoms with Gasteiger partial charge >= 0.3 is 6.18 Å². The number of hydrogen-bond acceptors (Lipinski definition) is 3. The highest BCUT2D eigenvalue weighted by Crippen LogP contribution is 2.45. The number of halogens is 3. The molecule has 0 aromatic heterocycles. The zero-order valence-electron chi connectivity index (χ0n) is 18.5. The molecule has 0 bridgehead atoms. The summed E-state index contributed by atoms with van der Waals surface area (Å²) in [5.41, 5.74) is -0.537. The predicted octanol–water partition coefficient (Wildman–Crippen LogP) is 4.22. The zero-order chi connectivity index (χ0) is 24.0. The van der Waals surface area contributed by atoms with Gasteiger partial charge in [0.05, 0.1) is 11.0 Å². The monoisotopic (exact) mass is 458 g/mol. The molecule has 174 valence electrons. The van der Waals surface area contributed by atoms with Gasteiger partial charge in [-0.25, -0.2) is 0 Å². The van der Waals surface area contributed by atoms with Crippen molar-refractivity contribution < 1.29 is 27.6 Å². The van der Waals surface area contributed by atoms with Crippen molar-refractivity contribution in [2.75, 3.05) is 7.05 Å². The summed E-state index contributed by atoms with van der Waals surface area (Å²) in [5, 5.41) is 0. The Morgan fingerprint density at radius 1 is 1.12 bits per heavy atom. The van der Waals surface area contributed by atoms with Gasteiger partial charge in [0.15, 0.2) is 0 Å². The molecule has 1 saturated carbocycles. The first-order chi connectivity index (χ1) is 15.5. The van der Waals surface area contributed by atoms with Crippen LogP contribution in [0, 0.1) is 6.92 Å². The lowest BCUT2D eigenvalue weighted by atomic mass is 9.75. The number of carbonyl (C=O) groups is 3. The van der Waals surface area contributed by atoms with Crippen LogP contribution in [0.5, 0.6) is 0 Å². The molecule has 1 heterocycles. The maximum atomic E-state index is 13.5. The van der Waals surface area contributed by atoms with E-state index in [9.17, 15) is 27.6 Å². The van der Waals surface area contributed by atoms with E-state index < -0.39 is 34.9 Å². The maximum Gasteiger partial charge on any atom is 0.416 e. The van der Waals surface area contributed by atoms with Crippen LogP contribution in [0.25, 0.3) is 0 Å². The number of benzene rings is 2. The molecule has 4 rings (SSSR count). The van der Waals surface area contributed by atoms with E-state index in [4.69, 9.17) is 0 Å². The van der Waals surface area contributed by atoms with Gasteiger partial charge in [0.2, 0.25) is 17.7 Å². The second-order valence-corrected chi connectivity index (χ2v) is 9.05. The molecule has 2 aliphatic rings. The molecule has 0 spiro atoms. The van der Waals surface area contributed by atoms with Crippen LogP contribution in [-0.2, 0) is 32.5 Å². The summed E-state index contributed by atoms with van der Waals surface area (Å²) in [5.74, 6) is -1.42. The van der Waals surface area contributed by atoms with Crippen LogP contribution in [-0.4, -0.2) is 40.6 Å². The largest absolute Gasteiger partial charge is 0.416 e. The fraction of sp³-hybridized carbons (Fsp3) is 0.400. The van der Waals surface area contributed by atoms with Crippen LogP contribution in [0.2, 0.25) is 0 Å². The Labute approximate surface area is 190 Å². The quantitative estimate of drug-likeness (QED) is 0.609. The van der Waals surface area contributed by atoms with Crippen LogP contribution in [0.3, 0.4) is 0 Å². The van der Waals surface area contributed by atoms with E-state index in [0.29, 0.717) is 12.8 Å². The molecule has 2 aromatic rings. The molecule has 0 unspecified atom stereocenters. The SMILES string of the molecule is Cc1ccc(CN(C)C(=O)C[C@]2(c3cccc(C(F)(F)F)c3)CC(=O)N(C3CC3)C2=O)cc1. The molecule has 0 radical (unpaired) electrons. The number of amides is 3. The number of aryl methyl sites for hydroxylation is 1. The smallest absolute Gasteiger partial charge is 0.341 e. The first-order valence-electron chi connectivity index (χ1n) is 10.8. The van der Waals surface area contributed by atoms with Crippen LogP contribution in [0.1, 0.15) is 47.9 Å². The van der Waals surface area contributed by atoms with Crippen molar-refractivity contribution in [3.8, 4) is 0 Å². The third kappa shape index (κ3) is 4.51. The maximum absolute atomic E-state index is 13.5. The predicted molar refractivity (Wildman–Crippen MR) is 115 cm³/mol. The van der Waals surface area contributed by atoms with Crippen LogP contribution in [0.15, 0.2) is 48.5 Å². The Kier molecular flexibility index (Phi) is 5.80. The average molecular weight is 458 g/mol. The summed E-state index contributed by atoms with van der Waals surface area (Å²) in [6.07, 6.45) is -3.93. The van der Waals surface area contributed by atoms with Gasteiger partial charge in [-0.3, -0.25) is 19.3 Å². The van der Waals surface area contributed by atoms with Crippen molar-refractivity contribution in [2.45, 2.75) is 56.8 Å². The number of alkyl halides is 3. The molecule has 2 fully saturated rings. The molecule has 8 heteroatoms. The third-order valence-corrected chi connectivity index (χ3v) is 6.42. The number of rotatable bonds is 6. The molecule has 33 heavy (non-hydrogen) atoms. The van der Waals surface area contributed by atoms with Crippen LogP contribution >= 0.6 is 0 Å². The molecule has 1 aliphatic carbocycles. The molecule has 1 atom stereocenters. The molecule has 1 saturated heterocycles. The van der Waals surface area contributed by atoms with Crippen molar-refractivity contribution in [1.29, 1.82) is 0 Å². The second kappa shape index (κ2) is 8.32. The Balaban J connectivity index is 1.67. The van der Waals surface area contributed by atoms with Gasteiger partial charge in [-0.2, -0.15) is 13.2 Å². The summed E-state index contributed by atoms with van der Waals surface area (Å²) in [6, 6.07) is 11.8.